The second-order valence-electron chi connectivity index (χ2n) is 6.88. The zero-order valence-electron chi connectivity index (χ0n) is 16.3. The summed E-state index contributed by atoms with van der Waals surface area (Å²) in [6, 6.07) is 16.8. The maximum absolute atomic E-state index is 13.0. The van der Waals surface area contributed by atoms with Crippen LogP contribution in [0.15, 0.2) is 67.0 Å². The molecule has 6 heteroatoms. The minimum atomic E-state index is -0.195. The van der Waals surface area contributed by atoms with Gasteiger partial charge in [0.2, 0.25) is 0 Å². The van der Waals surface area contributed by atoms with Gasteiger partial charge in [-0.2, -0.15) is 0 Å². The van der Waals surface area contributed by atoms with Crippen molar-refractivity contribution in [2.45, 2.75) is 13.0 Å². The van der Waals surface area contributed by atoms with Crippen molar-refractivity contribution in [2.24, 2.45) is 5.73 Å². The molecule has 2 aromatic carbocycles. The monoisotopic (exact) mass is 386 g/mol. The molecule has 2 heterocycles. The average Bonchev–Trinajstić information content (AvgIpc) is 3.23. The molecule has 1 amide bonds. The first-order chi connectivity index (χ1) is 14.1. The Balaban J connectivity index is 1.72. The van der Waals surface area contributed by atoms with Crippen LogP contribution in [0.1, 0.15) is 28.9 Å². The van der Waals surface area contributed by atoms with E-state index in [1.54, 1.807) is 31.6 Å². The Bertz CT molecular complexity index is 1180. The van der Waals surface area contributed by atoms with Crippen molar-refractivity contribution in [3.8, 4) is 16.9 Å². The molecule has 29 heavy (non-hydrogen) atoms. The molecule has 0 saturated heterocycles. The SMILES string of the molecule is COc1cccc(-c2cc(C(=O)Nc3ccnc4[nH]ccc34)ccc2C(C)N)c1. The molecule has 0 aliphatic rings. The fourth-order valence-corrected chi connectivity index (χ4v) is 3.40. The van der Waals surface area contributed by atoms with E-state index in [4.69, 9.17) is 10.5 Å². The molecule has 4 N–H and O–H groups in total. The zero-order valence-corrected chi connectivity index (χ0v) is 16.3. The van der Waals surface area contributed by atoms with Gasteiger partial charge < -0.3 is 20.8 Å². The second-order valence-corrected chi connectivity index (χ2v) is 6.88. The topological polar surface area (TPSA) is 93.0 Å². The first-order valence-electron chi connectivity index (χ1n) is 9.34. The lowest BCUT2D eigenvalue weighted by atomic mass is 9.93. The predicted molar refractivity (Wildman–Crippen MR) is 115 cm³/mol. The number of nitrogens with zero attached hydrogens (tertiary/aromatic N) is 1. The van der Waals surface area contributed by atoms with Crippen LogP contribution >= 0.6 is 0 Å². The highest BCUT2D eigenvalue weighted by Gasteiger charge is 2.15. The van der Waals surface area contributed by atoms with Crippen molar-refractivity contribution in [3.05, 3.63) is 78.1 Å². The number of carbonyl (C=O) groups is 1. The summed E-state index contributed by atoms with van der Waals surface area (Å²) in [6.07, 6.45) is 3.46. The normalized spacial score (nSPS) is 12.0. The molecule has 0 spiro atoms. The number of aromatic amines is 1. The van der Waals surface area contributed by atoms with Crippen LogP contribution in [0.25, 0.3) is 22.2 Å². The molecule has 1 atom stereocenters. The largest absolute Gasteiger partial charge is 0.497 e. The first kappa shape index (κ1) is 18.7. The van der Waals surface area contributed by atoms with Crippen LogP contribution in [0, 0.1) is 0 Å². The molecule has 0 saturated carbocycles. The quantitative estimate of drug-likeness (QED) is 0.470. The van der Waals surface area contributed by atoms with Gasteiger partial charge in [0.05, 0.1) is 12.8 Å². The fourth-order valence-electron chi connectivity index (χ4n) is 3.40. The van der Waals surface area contributed by atoms with Gasteiger partial charge in [-0.3, -0.25) is 4.79 Å². The third kappa shape index (κ3) is 3.70. The first-order valence-corrected chi connectivity index (χ1v) is 9.34. The number of anilines is 1. The standard InChI is InChI=1S/C23H22N4O2/c1-14(24)18-7-6-16(13-20(18)15-4-3-5-17(12-15)29-2)23(28)27-21-9-11-26-22-19(21)8-10-25-22/h3-14H,24H2,1-2H3,(H2,25,26,27,28). The minimum Gasteiger partial charge on any atom is -0.497 e. The summed E-state index contributed by atoms with van der Waals surface area (Å²) in [6.45, 7) is 1.93. The van der Waals surface area contributed by atoms with E-state index in [0.717, 1.165) is 33.5 Å². The molecule has 1 unspecified atom stereocenters. The number of carbonyl (C=O) groups excluding carboxylic acids is 1. The fraction of sp³-hybridized carbons (Fsp3) is 0.130. The van der Waals surface area contributed by atoms with Gasteiger partial charge >= 0.3 is 0 Å². The zero-order chi connectivity index (χ0) is 20.4. The Kier molecular flexibility index (Phi) is 5.01. The van der Waals surface area contributed by atoms with E-state index in [2.05, 4.69) is 15.3 Å². The molecule has 0 aliphatic carbocycles. The van der Waals surface area contributed by atoms with Gasteiger partial charge in [-0.1, -0.05) is 18.2 Å². The molecule has 4 rings (SSSR count). The van der Waals surface area contributed by atoms with Crippen molar-refractivity contribution < 1.29 is 9.53 Å². The van der Waals surface area contributed by atoms with Crippen LogP contribution in [-0.4, -0.2) is 23.0 Å². The van der Waals surface area contributed by atoms with Crippen molar-refractivity contribution in [1.82, 2.24) is 9.97 Å². The van der Waals surface area contributed by atoms with Crippen LogP contribution in [0.2, 0.25) is 0 Å². The van der Waals surface area contributed by atoms with E-state index >= 15 is 0 Å². The second kappa shape index (κ2) is 7.77. The summed E-state index contributed by atoms with van der Waals surface area (Å²) in [5.41, 5.74) is 11.0. The number of fused-ring (bicyclic) bond motifs is 1. The third-order valence-electron chi connectivity index (χ3n) is 4.90. The maximum Gasteiger partial charge on any atom is 0.255 e. The summed E-state index contributed by atoms with van der Waals surface area (Å²) in [7, 11) is 1.63. The molecular formula is C23H22N4O2. The van der Waals surface area contributed by atoms with Gasteiger partial charge in [0.1, 0.15) is 11.4 Å². The Morgan fingerprint density at radius 3 is 2.83 bits per heavy atom. The number of pyridine rings is 1. The van der Waals surface area contributed by atoms with Gasteiger partial charge in [0.25, 0.3) is 5.91 Å². The number of rotatable bonds is 5. The van der Waals surface area contributed by atoms with E-state index < -0.39 is 0 Å². The lowest BCUT2D eigenvalue weighted by molar-refractivity contribution is 0.102. The summed E-state index contributed by atoms with van der Waals surface area (Å²) in [4.78, 5) is 20.3. The Labute approximate surface area is 168 Å². The van der Waals surface area contributed by atoms with Crippen molar-refractivity contribution in [3.63, 3.8) is 0 Å². The molecule has 0 radical (unpaired) electrons. The number of amides is 1. The summed E-state index contributed by atoms with van der Waals surface area (Å²) >= 11 is 0. The van der Waals surface area contributed by atoms with Gasteiger partial charge in [-0.15, -0.1) is 0 Å². The molecule has 2 aromatic heterocycles. The van der Waals surface area contributed by atoms with E-state index in [9.17, 15) is 4.79 Å². The Morgan fingerprint density at radius 2 is 2.03 bits per heavy atom. The van der Waals surface area contributed by atoms with E-state index in [1.807, 2.05) is 49.4 Å². The van der Waals surface area contributed by atoms with Gasteiger partial charge in [-0.05, 0) is 60.0 Å². The Hall–Kier alpha value is -3.64. The third-order valence-corrected chi connectivity index (χ3v) is 4.90. The Morgan fingerprint density at radius 1 is 1.17 bits per heavy atom. The molecule has 0 fully saturated rings. The average molecular weight is 386 g/mol. The lowest BCUT2D eigenvalue weighted by Crippen LogP contribution is -2.14. The minimum absolute atomic E-state index is 0.173. The highest BCUT2D eigenvalue weighted by molar-refractivity contribution is 6.08. The summed E-state index contributed by atoms with van der Waals surface area (Å²) in [5.74, 6) is 0.554. The number of benzene rings is 2. The summed E-state index contributed by atoms with van der Waals surface area (Å²) in [5, 5.41) is 3.84. The highest BCUT2D eigenvalue weighted by Crippen LogP contribution is 2.31. The number of nitrogens with two attached hydrogens (primary N) is 1. The molecular weight excluding hydrogens is 364 g/mol. The van der Waals surface area contributed by atoms with Gasteiger partial charge in [0.15, 0.2) is 0 Å². The van der Waals surface area contributed by atoms with Gasteiger partial charge in [0, 0.05) is 29.4 Å². The predicted octanol–water partition coefficient (Wildman–Crippen LogP) is 4.51. The molecule has 4 aromatic rings. The van der Waals surface area contributed by atoms with E-state index in [-0.39, 0.29) is 11.9 Å². The molecule has 6 nitrogen and oxygen atoms in total. The maximum atomic E-state index is 13.0. The van der Waals surface area contributed by atoms with Crippen LogP contribution in [-0.2, 0) is 0 Å². The van der Waals surface area contributed by atoms with Crippen LogP contribution in [0.4, 0.5) is 5.69 Å². The lowest BCUT2D eigenvalue weighted by Gasteiger charge is -2.16. The number of hydrogen-bond donors (Lipinski definition) is 3. The van der Waals surface area contributed by atoms with Crippen LogP contribution in [0.3, 0.4) is 0 Å². The highest BCUT2D eigenvalue weighted by atomic mass is 16.5. The number of H-pyrrole nitrogens is 1. The number of aromatic nitrogens is 2. The van der Waals surface area contributed by atoms with Crippen molar-refractivity contribution >= 4 is 22.6 Å². The molecule has 0 aliphatic heterocycles. The molecule has 0 bridgehead atoms. The number of ether oxygens (including phenoxy) is 1. The number of nitrogens with one attached hydrogen (secondary N) is 2. The van der Waals surface area contributed by atoms with E-state index in [1.165, 1.54) is 0 Å². The van der Waals surface area contributed by atoms with Crippen molar-refractivity contribution in [1.29, 1.82) is 0 Å². The van der Waals surface area contributed by atoms with E-state index in [0.29, 0.717) is 11.3 Å². The number of hydrogen-bond acceptors (Lipinski definition) is 4. The van der Waals surface area contributed by atoms with Crippen LogP contribution in [0.5, 0.6) is 5.75 Å². The smallest absolute Gasteiger partial charge is 0.255 e. The summed E-state index contributed by atoms with van der Waals surface area (Å²) < 4.78 is 5.35. The van der Waals surface area contributed by atoms with Crippen molar-refractivity contribution in [2.75, 3.05) is 12.4 Å². The van der Waals surface area contributed by atoms with Crippen LogP contribution < -0.4 is 15.8 Å². The van der Waals surface area contributed by atoms with Gasteiger partial charge in [-0.25, -0.2) is 4.98 Å². The molecule has 146 valence electrons. The number of methoxy groups -OCH3 is 1.